The van der Waals surface area contributed by atoms with Crippen molar-refractivity contribution in [1.29, 1.82) is 0 Å². The monoisotopic (exact) mass is 407 g/mol. The number of halogens is 1. The van der Waals surface area contributed by atoms with Crippen LogP contribution >= 0.6 is 11.6 Å². The van der Waals surface area contributed by atoms with Crippen molar-refractivity contribution in [1.82, 2.24) is 19.1 Å². The molecule has 28 heavy (non-hydrogen) atoms. The minimum atomic E-state index is -0.938. The van der Waals surface area contributed by atoms with E-state index in [-0.39, 0.29) is 24.3 Å². The zero-order valence-corrected chi connectivity index (χ0v) is 16.4. The van der Waals surface area contributed by atoms with Crippen molar-refractivity contribution in [3.05, 3.63) is 50.1 Å². The Morgan fingerprint density at radius 1 is 1.36 bits per heavy atom. The van der Waals surface area contributed by atoms with E-state index in [0.717, 1.165) is 6.42 Å². The smallest absolute Gasteiger partial charge is 0.329 e. The number of aliphatic hydroxyl groups is 1. The van der Waals surface area contributed by atoms with Crippen LogP contribution in [-0.2, 0) is 13.6 Å². The Balaban J connectivity index is 1.90. The molecule has 3 aromatic rings. The van der Waals surface area contributed by atoms with Crippen LogP contribution in [0, 0.1) is 0 Å². The maximum Gasteiger partial charge on any atom is 0.329 e. The normalized spacial score (nSPS) is 12.3. The molecule has 10 heteroatoms. The third-order valence-corrected chi connectivity index (χ3v) is 4.51. The number of fused-ring (bicyclic) bond motifs is 1. The van der Waals surface area contributed by atoms with Crippen molar-refractivity contribution < 1.29 is 9.84 Å². The lowest BCUT2D eigenvalue weighted by atomic mass is 10.3. The van der Waals surface area contributed by atoms with Gasteiger partial charge in [0.25, 0.3) is 5.56 Å². The number of aliphatic hydroxyl groups excluding tert-OH is 1. The second kappa shape index (κ2) is 8.49. The van der Waals surface area contributed by atoms with Crippen LogP contribution in [0.2, 0.25) is 5.02 Å². The highest BCUT2D eigenvalue weighted by molar-refractivity contribution is 6.32. The number of nitrogens with zero attached hydrogens (tertiary/aromatic N) is 3. The Kier molecular flexibility index (Phi) is 6.05. The van der Waals surface area contributed by atoms with Gasteiger partial charge in [0.1, 0.15) is 18.5 Å². The van der Waals surface area contributed by atoms with Crippen LogP contribution < -0.4 is 21.3 Å². The molecule has 2 aromatic heterocycles. The molecule has 0 bridgehead atoms. The van der Waals surface area contributed by atoms with Gasteiger partial charge in [0.2, 0.25) is 5.95 Å². The Morgan fingerprint density at radius 3 is 2.82 bits per heavy atom. The van der Waals surface area contributed by atoms with Gasteiger partial charge in [0.05, 0.1) is 11.6 Å². The van der Waals surface area contributed by atoms with Crippen LogP contribution in [0.4, 0.5) is 5.95 Å². The summed E-state index contributed by atoms with van der Waals surface area (Å²) in [4.78, 5) is 30.9. The topological polar surface area (TPSA) is 114 Å². The van der Waals surface area contributed by atoms with E-state index < -0.39 is 17.4 Å². The average Bonchev–Trinajstić information content (AvgIpc) is 3.02. The number of hydrogen-bond donors (Lipinski definition) is 3. The minimum absolute atomic E-state index is 0.0275. The Labute approximate surface area is 165 Å². The zero-order valence-electron chi connectivity index (χ0n) is 15.6. The molecule has 9 nitrogen and oxygen atoms in total. The molecule has 0 amide bonds. The van der Waals surface area contributed by atoms with Gasteiger partial charge in [-0.1, -0.05) is 30.7 Å². The summed E-state index contributed by atoms with van der Waals surface area (Å²) < 4.78 is 8.40. The number of nitrogens with one attached hydrogen (secondary N) is 2. The van der Waals surface area contributed by atoms with E-state index in [9.17, 15) is 14.7 Å². The number of aromatic amines is 1. The van der Waals surface area contributed by atoms with Crippen LogP contribution in [-0.4, -0.2) is 43.5 Å². The van der Waals surface area contributed by atoms with Crippen molar-refractivity contribution in [2.24, 2.45) is 7.05 Å². The van der Waals surface area contributed by atoms with Gasteiger partial charge in [-0.25, -0.2) is 4.79 Å². The van der Waals surface area contributed by atoms with Gasteiger partial charge >= 0.3 is 5.69 Å². The summed E-state index contributed by atoms with van der Waals surface area (Å²) in [7, 11) is 1.53. The predicted molar refractivity (Wildman–Crippen MR) is 107 cm³/mol. The fourth-order valence-corrected chi connectivity index (χ4v) is 2.99. The molecule has 0 spiro atoms. The number of aromatic nitrogens is 4. The van der Waals surface area contributed by atoms with Crippen LogP contribution in [0.1, 0.15) is 13.3 Å². The first kappa shape index (κ1) is 20.0. The summed E-state index contributed by atoms with van der Waals surface area (Å²) in [6, 6.07) is 6.96. The Morgan fingerprint density at radius 2 is 2.11 bits per heavy atom. The molecular formula is C18H22ClN5O4. The van der Waals surface area contributed by atoms with E-state index in [1.54, 1.807) is 28.8 Å². The summed E-state index contributed by atoms with van der Waals surface area (Å²) in [5, 5.41) is 14.0. The highest BCUT2D eigenvalue weighted by Gasteiger charge is 2.19. The zero-order chi connectivity index (χ0) is 20.3. The molecule has 0 aliphatic carbocycles. The number of rotatable bonds is 8. The summed E-state index contributed by atoms with van der Waals surface area (Å²) in [5.41, 5.74) is -0.662. The third kappa shape index (κ3) is 4.05. The number of benzene rings is 1. The first-order chi connectivity index (χ1) is 13.4. The lowest BCUT2D eigenvalue weighted by Crippen LogP contribution is -2.31. The van der Waals surface area contributed by atoms with E-state index in [0.29, 0.717) is 23.3 Å². The van der Waals surface area contributed by atoms with E-state index >= 15 is 0 Å². The SMILES string of the molecule is CCCNc1nc2c(c(=O)[nH]c(=O)n2C)n1C[C@@H](O)COc1ccccc1Cl. The van der Waals surface area contributed by atoms with E-state index in [4.69, 9.17) is 16.3 Å². The number of H-pyrrole nitrogens is 1. The molecule has 2 heterocycles. The van der Waals surface area contributed by atoms with E-state index in [1.165, 1.54) is 11.6 Å². The highest BCUT2D eigenvalue weighted by atomic mass is 35.5. The molecule has 3 N–H and O–H groups in total. The third-order valence-electron chi connectivity index (χ3n) is 4.20. The molecule has 0 saturated heterocycles. The number of aryl methyl sites for hydroxylation is 1. The van der Waals surface area contributed by atoms with Crippen molar-refractivity contribution >= 4 is 28.7 Å². The number of imidazole rings is 1. The van der Waals surface area contributed by atoms with Gasteiger partial charge in [-0.3, -0.25) is 14.3 Å². The molecule has 0 unspecified atom stereocenters. The lowest BCUT2D eigenvalue weighted by Gasteiger charge is -2.16. The summed E-state index contributed by atoms with van der Waals surface area (Å²) in [6.45, 7) is 2.64. The number of ether oxygens (including phenoxy) is 1. The molecule has 3 rings (SSSR count). The largest absolute Gasteiger partial charge is 0.489 e. The molecule has 150 valence electrons. The highest BCUT2D eigenvalue weighted by Crippen LogP contribution is 2.23. The number of anilines is 1. The van der Waals surface area contributed by atoms with Crippen molar-refractivity contribution in [2.45, 2.75) is 26.0 Å². The van der Waals surface area contributed by atoms with Crippen LogP contribution in [0.5, 0.6) is 5.75 Å². The Hall–Kier alpha value is -2.78. The maximum absolute atomic E-state index is 12.4. The summed E-state index contributed by atoms with van der Waals surface area (Å²) in [6.07, 6.45) is -0.0936. The van der Waals surface area contributed by atoms with Crippen molar-refractivity contribution in [3.8, 4) is 5.75 Å². The van der Waals surface area contributed by atoms with Crippen molar-refractivity contribution in [3.63, 3.8) is 0 Å². The second-order valence-corrected chi connectivity index (χ2v) is 6.77. The van der Waals surface area contributed by atoms with E-state index in [2.05, 4.69) is 15.3 Å². The van der Waals surface area contributed by atoms with Gasteiger partial charge in [-0.15, -0.1) is 0 Å². The van der Waals surface area contributed by atoms with Crippen LogP contribution in [0.25, 0.3) is 11.2 Å². The number of para-hydroxylation sites is 1. The summed E-state index contributed by atoms with van der Waals surface area (Å²) in [5.74, 6) is 0.864. The lowest BCUT2D eigenvalue weighted by molar-refractivity contribution is 0.0939. The van der Waals surface area contributed by atoms with Crippen molar-refractivity contribution in [2.75, 3.05) is 18.5 Å². The molecule has 0 aliphatic rings. The maximum atomic E-state index is 12.4. The molecule has 0 saturated carbocycles. The average molecular weight is 408 g/mol. The van der Waals surface area contributed by atoms with Gasteiger partial charge < -0.3 is 19.7 Å². The second-order valence-electron chi connectivity index (χ2n) is 6.36. The molecule has 1 aromatic carbocycles. The van der Waals surface area contributed by atoms with Crippen LogP contribution in [0.3, 0.4) is 0 Å². The van der Waals surface area contributed by atoms with E-state index in [1.807, 2.05) is 6.92 Å². The van der Waals surface area contributed by atoms with Gasteiger partial charge in [0.15, 0.2) is 11.2 Å². The fourth-order valence-electron chi connectivity index (χ4n) is 2.80. The minimum Gasteiger partial charge on any atom is -0.489 e. The van der Waals surface area contributed by atoms with Crippen LogP contribution in [0.15, 0.2) is 33.9 Å². The fraction of sp³-hybridized carbons (Fsp3) is 0.389. The van der Waals surface area contributed by atoms with Gasteiger partial charge in [0, 0.05) is 13.6 Å². The first-order valence-electron chi connectivity index (χ1n) is 8.91. The Bertz CT molecular complexity index is 1090. The van der Waals surface area contributed by atoms with Gasteiger partial charge in [-0.2, -0.15) is 4.98 Å². The standard InChI is InChI=1S/C18H22ClN5O4/c1-3-8-20-17-21-15-14(16(26)22-18(27)23(15)2)24(17)9-11(25)10-28-13-7-5-4-6-12(13)19/h4-7,11,25H,3,8-10H2,1-2H3,(H,20,21)(H,22,26,27)/t11-/m1/s1. The molecule has 1 atom stereocenters. The summed E-state index contributed by atoms with van der Waals surface area (Å²) >= 11 is 6.05. The van der Waals surface area contributed by atoms with Gasteiger partial charge in [-0.05, 0) is 18.6 Å². The molecular weight excluding hydrogens is 386 g/mol. The quantitative estimate of drug-likeness (QED) is 0.519. The molecule has 0 radical (unpaired) electrons. The molecule has 0 fully saturated rings. The predicted octanol–water partition coefficient (Wildman–Crippen LogP) is 1.34. The molecule has 0 aliphatic heterocycles. The first-order valence-corrected chi connectivity index (χ1v) is 9.29. The number of hydrogen-bond acceptors (Lipinski definition) is 6.